The van der Waals surface area contributed by atoms with Crippen molar-refractivity contribution in [3.63, 3.8) is 0 Å². The van der Waals surface area contributed by atoms with Gasteiger partial charge in [-0.3, -0.25) is 9.59 Å². The molecule has 1 atom stereocenters. The zero-order valence-electron chi connectivity index (χ0n) is 8.27. The number of ether oxygens (including phenoxy) is 3. The molecule has 88 valence electrons. The Morgan fingerprint density at radius 1 is 1.27 bits per heavy atom. The van der Waals surface area contributed by atoms with Gasteiger partial charge in [0.05, 0.1) is 19.8 Å². The topological polar surface area (TPSA) is 82.1 Å². The highest BCUT2D eigenvalue weighted by Crippen LogP contribution is 2.01. The summed E-state index contributed by atoms with van der Waals surface area (Å²) in [4.78, 5) is 19.9. The summed E-state index contributed by atoms with van der Waals surface area (Å²) in [6.45, 7) is 1.11. The summed E-state index contributed by atoms with van der Waals surface area (Å²) in [6.07, 6.45) is 0. The minimum atomic E-state index is -1.32. The lowest BCUT2D eigenvalue weighted by Crippen LogP contribution is -2.27. The normalized spacial score (nSPS) is 12.1. The van der Waals surface area contributed by atoms with E-state index in [2.05, 4.69) is 20.7 Å². The largest absolute Gasteiger partial charge is 0.480 e. The standard InChI is InChI=1S/C8H13BrO6/c1-13-2-3-14-4-5-15-8(12)6(9)7(10)11/h6H,2-5H2,1H3,(H,10,11). The molecule has 0 bridgehead atoms. The third-order valence-corrected chi connectivity index (χ3v) is 2.09. The lowest BCUT2D eigenvalue weighted by molar-refractivity contribution is -0.151. The van der Waals surface area contributed by atoms with Gasteiger partial charge in [0.2, 0.25) is 4.83 Å². The second kappa shape index (κ2) is 8.63. The van der Waals surface area contributed by atoms with Crippen molar-refractivity contribution in [2.75, 3.05) is 33.5 Å². The molecule has 0 aromatic heterocycles. The number of hydrogen-bond donors (Lipinski definition) is 1. The number of carboxylic acid groups (broad SMARTS) is 1. The molecule has 0 radical (unpaired) electrons. The SMILES string of the molecule is COCCOCCOC(=O)C(Br)C(=O)O. The Bertz CT molecular complexity index is 207. The van der Waals surface area contributed by atoms with Crippen LogP contribution in [0, 0.1) is 0 Å². The number of aliphatic carboxylic acids is 1. The monoisotopic (exact) mass is 284 g/mol. The number of alkyl halides is 1. The van der Waals surface area contributed by atoms with Gasteiger partial charge in [0.1, 0.15) is 6.61 Å². The van der Waals surface area contributed by atoms with Crippen molar-refractivity contribution in [1.82, 2.24) is 0 Å². The van der Waals surface area contributed by atoms with Crippen molar-refractivity contribution in [2.24, 2.45) is 0 Å². The van der Waals surface area contributed by atoms with E-state index >= 15 is 0 Å². The van der Waals surface area contributed by atoms with Crippen molar-refractivity contribution >= 4 is 27.9 Å². The van der Waals surface area contributed by atoms with Crippen molar-refractivity contribution < 1.29 is 28.9 Å². The highest BCUT2D eigenvalue weighted by Gasteiger charge is 2.23. The fourth-order valence-corrected chi connectivity index (χ4v) is 0.752. The molecule has 0 aliphatic rings. The average molecular weight is 285 g/mol. The summed E-state index contributed by atoms with van der Waals surface area (Å²) in [5.41, 5.74) is 0. The molecule has 0 rings (SSSR count). The van der Waals surface area contributed by atoms with E-state index in [1.165, 1.54) is 0 Å². The van der Waals surface area contributed by atoms with Gasteiger partial charge in [-0.15, -0.1) is 0 Å². The van der Waals surface area contributed by atoms with E-state index in [1.807, 2.05) is 0 Å². The number of carboxylic acids is 1. The van der Waals surface area contributed by atoms with Gasteiger partial charge in [-0.2, -0.15) is 0 Å². The van der Waals surface area contributed by atoms with Gasteiger partial charge in [0.15, 0.2) is 0 Å². The first-order valence-electron chi connectivity index (χ1n) is 4.19. The van der Waals surface area contributed by atoms with Crippen LogP contribution in [-0.4, -0.2) is 55.4 Å². The van der Waals surface area contributed by atoms with E-state index in [1.54, 1.807) is 7.11 Å². The minimum Gasteiger partial charge on any atom is -0.480 e. The summed E-state index contributed by atoms with van der Waals surface area (Å²) < 4.78 is 14.3. The van der Waals surface area contributed by atoms with E-state index in [4.69, 9.17) is 14.6 Å². The first kappa shape index (κ1) is 14.3. The lowest BCUT2D eigenvalue weighted by Gasteiger charge is -2.07. The third kappa shape index (κ3) is 7.29. The highest BCUT2D eigenvalue weighted by molar-refractivity contribution is 9.10. The molecule has 0 spiro atoms. The molecule has 15 heavy (non-hydrogen) atoms. The van der Waals surface area contributed by atoms with Gasteiger partial charge in [-0.05, 0) is 0 Å². The Balaban J connectivity index is 3.43. The van der Waals surface area contributed by atoms with Crippen LogP contribution < -0.4 is 0 Å². The van der Waals surface area contributed by atoms with E-state index in [-0.39, 0.29) is 13.2 Å². The van der Waals surface area contributed by atoms with Crippen LogP contribution in [0.4, 0.5) is 0 Å². The minimum absolute atomic E-state index is 0.0257. The van der Waals surface area contributed by atoms with Gasteiger partial charge in [0, 0.05) is 7.11 Å². The molecule has 0 aromatic carbocycles. The van der Waals surface area contributed by atoms with Crippen LogP contribution in [0.1, 0.15) is 0 Å². The molecule has 6 nitrogen and oxygen atoms in total. The molecule has 0 aromatic rings. The Morgan fingerprint density at radius 3 is 2.40 bits per heavy atom. The number of methoxy groups -OCH3 is 1. The molecule has 0 saturated carbocycles. The second-order valence-corrected chi connectivity index (χ2v) is 3.39. The lowest BCUT2D eigenvalue weighted by atomic mass is 10.4. The fourth-order valence-electron chi connectivity index (χ4n) is 0.619. The Morgan fingerprint density at radius 2 is 1.87 bits per heavy atom. The Labute approximate surface area is 95.6 Å². The predicted molar refractivity (Wildman–Crippen MR) is 54.0 cm³/mol. The molecule has 0 saturated heterocycles. The van der Waals surface area contributed by atoms with Crippen LogP contribution in [0.15, 0.2) is 0 Å². The summed E-state index contributed by atoms with van der Waals surface area (Å²) in [7, 11) is 1.55. The van der Waals surface area contributed by atoms with Crippen LogP contribution in [0.3, 0.4) is 0 Å². The third-order valence-electron chi connectivity index (χ3n) is 1.33. The highest BCUT2D eigenvalue weighted by atomic mass is 79.9. The van der Waals surface area contributed by atoms with E-state index in [0.29, 0.717) is 13.2 Å². The molecule has 1 N–H and O–H groups in total. The molecule has 7 heteroatoms. The summed E-state index contributed by atoms with van der Waals surface area (Å²) in [6, 6.07) is 0. The predicted octanol–water partition coefficient (Wildman–Crippen LogP) is 0.0407. The molecule has 0 aliphatic heterocycles. The van der Waals surface area contributed by atoms with Gasteiger partial charge < -0.3 is 19.3 Å². The molecule has 0 amide bonds. The molecular weight excluding hydrogens is 272 g/mol. The number of carbonyl (C=O) groups is 2. The van der Waals surface area contributed by atoms with Crippen LogP contribution in [-0.2, 0) is 23.8 Å². The van der Waals surface area contributed by atoms with Crippen LogP contribution in [0.2, 0.25) is 0 Å². The first-order chi connectivity index (χ1) is 7.09. The summed E-state index contributed by atoms with van der Waals surface area (Å²) >= 11 is 2.67. The van der Waals surface area contributed by atoms with Gasteiger partial charge in [-0.1, -0.05) is 15.9 Å². The number of hydrogen-bond acceptors (Lipinski definition) is 5. The maximum atomic E-state index is 10.9. The number of esters is 1. The zero-order chi connectivity index (χ0) is 11.7. The quantitative estimate of drug-likeness (QED) is 0.293. The van der Waals surface area contributed by atoms with Crippen molar-refractivity contribution in [3.05, 3.63) is 0 Å². The van der Waals surface area contributed by atoms with Gasteiger partial charge in [0.25, 0.3) is 0 Å². The van der Waals surface area contributed by atoms with E-state index in [0.717, 1.165) is 0 Å². The van der Waals surface area contributed by atoms with Gasteiger partial charge in [-0.25, -0.2) is 0 Å². The molecule has 1 unspecified atom stereocenters. The number of halogens is 1. The average Bonchev–Trinajstić information content (AvgIpc) is 2.21. The second-order valence-electron chi connectivity index (χ2n) is 2.47. The Hall–Kier alpha value is -0.660. The number of carbonyl (C=O) groups excluding carboxylic acids is 1. The summed E-state index contributed by atoms with van der Waals surface area (Å²) in [5.74, 6) is -2.11. The van der Waals surface area contributed by atoms with E-state index in [9.17, 15) is 9.59 Å². The molecule has 0 aliphatic carbocycles. The number of rotatable bonds is 8. The summed E-state index contributed by atoms with van der Waals surface area (Å²) in [5, 5.41) is 8.43. The smallest absolute Gasteiger partial charge is 0.331 e. The maximum absolute atomic E-state index is 10.9. The zero-order valence-corrected chi connectivity index (χ0v) is 9.86. The molecule has 0 fully saturated rings. The fraction of sp³-hybridized carbons (Fsp3) is 0.750. The van der Waals surface area contributed by atoms with E-state index < -0.39 is 16.8 Å². The van der Waals surface area contributed by atoms with Crippen molar-refractivity contribution in [3.8, 4) is 0 Å². The van der Waals surface area contributed by atoms with Gasteiger partial charge >= 0.3 is 11.9 Å². The maximum Gasteiger partial charge on any atom is 0.331 e. The first-order valence-corrected chi connectivity index (χ1v) is 5.11. The molecule has 0 heterocycles. The Kier molecular flexibility index (Phi) is 8.25. The molecular formula is C8H13BrO6. The van der Waals surface area contributed by atoms with Crippen LogP contribution in [0.25, 0.3) is 0 Å². The van der Waals surface area contributed by atoms with Crippen molar-refractivity contribution in [2.45, 2.75) is 4.83 Å². The van der Waals surface area contributed by atoms with Crippen molar-refractivity contribution in [1.29, 1.82) is 0 Å². The van der Waals surface area contributed by atoms with Crippen LogP contribution >= 0.6 is 15.9 Å². The van der Waals surface area contributed by atoms with Crippen LogP contribution in [0.5, 0.6) is 0 Å².